The highest BCUT2D eigenvalue weighted by Gasteiger charge is 2.50. The molecule has 3 aliphatic rings. The molecule has 3 rings (SSSR count). The Balaban J connectivity index is 1.72. The van der Waals surface area contributed by atoms with E-state index < -0.39 is 23.7 Å². The molecule has 0 amide bonds. The zero-order chi connectivity index (χ0) is 26.8. The van der Waals surface area contributed by atoms with Crippen molar-refractivity contribution in [2.24, 2.45) is 28.6 Å². The average molecular weight is 501 g/mol. The molecule has 5 heteroatoms. The summed E-state index contributed by atoms with van der Waals surface area (Å²) in [6, 6.07) is 0. The lowest BCUT2D eigenvalue weighted by Gasteiger charge is -2.44. The van der Waals surface area contributed by atoms with E-state index in [1.54, 1.807) is 19.9 Å². The molecule has 0 radical (unpaired) electrons. The van der Waals surface area contributed by atoms with E-state index in [9.17, 15) is 20.1 Å². The number of esters is 1. The van der Waals surface area contributed by atoms with Crippen LogP contribution in [0.2, 0.25) is 0 Å². The van der Waals surface area contributed by atoms with Crippen LogP contribution in [-0.2, 0) is 9.53 Å². The van der Waals surface area contributed by atoms with E-state index >= 15 is 0 Å². The molecule has 0 aliphatic heterocycles. The summed E-state index contributed by atoms with van der Waals surface area (Å²) in [5, 5.41) is 31.1. The minimum absolute atomic E-state index is 0.186. The molecule has 0 aromatic carbocycles. The Kier molecular flexibility index (Phi) is 9.12. The van der Waals surface area contributed by atoms with Crippen LogP contribution in [-0.4, -0.2) is 45.7 Å². The summed E-state index contributed by atoms with van der Waals surface area (Å²) in [6.07, 6.45) is 12.6. The Labute approximate surface area is 218 Å². The van der Waals surface area contributed by atoms with Crippen LogP contribution < -0.4 is 0 Å². The Morgan fingerprint density at radius 1 is 1.17 bits per heavy atom. The third-order valence-electron chi connectivity index (χ3n) is 9.14. The number of hydrogen-bond donors (Lipinski definition) is 3. The SMILES string of the molecule is C=C1C(=CC=C2CCC[C@]3(C)[C@@H]([C@H](C)C=C[C@H](O)C(C)(C)C(=O)OC(C)C)CC[C@@H]23)C[C@@H](O)C[C@@H]1O. The number of hydrogen-bond acceptors (Lipinski definition) is 5. The van der Waals surface area contributed by atoms with Gasteiger partial charge in [0.25, 0.3) is 0 Å². The molecular formula is C31H48O5. The highest BCUT2D eigenvalue weighted by atomic mass is 16.5. The summed E-state index contributed by atoms with van der Waals surface area (Å²) in [7, 11) is 0. The van der Waals surface area contributed by atoms with Crippen molar-refractivity contribution in [2.75, 3.05) is 0 Å². The molecule has 36 heavy (non-hydrogen) atoms. The van der Waals surface area contributed by atoms with Gasteiger partial charge in [0.15, 0.2) is 0 Å². The van der Waals surface area contributed by atoms with Crippen molar-refractivity contribution in [1.82, 2.24) is 0 Å². The molecule has 3 saturated carbocycles. The van der Waals surface area contributed by atoms with Crippen molar-refractivity contribution < 1.29 is 24.9 Å². The molecule has 0 heterocycles. The van der Waals surface area contributed by atoms with Gasteiger partial charge < -0.3 is 20.1 Å². The normalized spacial score (nSPS) is 35.4. The van der Waals surface area contributed by atoms with Gasteiger partial charge in [-0.1, -0.05) is 50.3 Å². The number of carbonyl (C=O) groups is 1. The summed E-state index contributed by atoms with van der Waals surface area (Å²) in [5.74, 6) is 0.916. The summed E-state index contributed by atoms with van der Waals surface area (Å²) in [5.41, 5.74) is 2.35. The molecular weight excluding hydrogens is 452 g/mol. The lowest BCUT2D eigenvalue weighted by molar-refractivity contribution is -0.162. The van der Waals surface area contributed by atoms with Crippen LogP contribution in [0.3, 0.4) is 0 Å². The molecule has 0 aromatic heterocycles. The van der Waals surface area contributed by atoms with Crippen LogP contribution in [0.25, 0.3) is 0 Å². The van der Waals surface area contributed by atoms with Crippen LogP contribution in [0.1, 0.15) is 86.5 Å². The van der Waals surface area contributed by atoms with Gasteiger partial charge in [0.1, 0.15) is 0 Å². The van der Waals surface area contributed by atoms with E-state index in [1.807, 2.05) is 13.8 Å². The fraction of sp³-hybridized carbons (Fsp3) is 0.710. The van der Waals surface area contributed by atoms with Gasteiger partial charge >= 0.3 is 5.97 Å². The number of aliphatic hydroxyl groups is 3. The second kappa shape index (κ2) is 11.4. The minimum Gasteiger partial charge on any atom is -0.462 e. The summed E-state index contributed by atoms with van der Waals surface area (Å²) in [6.45, 7) is 15.8. The zero-order valence-corrected chi connectivity index (χ0v) is 23.2. The molecule has 0 spiro atoms. The van der Waals surface area contributed by atoms with Gasteiger partial charge in [-0.25, -0.2) is 0 Å². The quantitative estimate of drug-likeness (QED) is 0.310. The largest absolute Gasteiger partial charge is 0.462 e. The van der Waals surface area contributed by atoms with E-state index in [1.165, 1.54) is 12.0 Å². The van der Waals surface area contributed by atoms with Crippen LogP contribution in [0.15, 0.2) is 47.6 Å². The van der Waals surface area contributed by atoms with Crippen molar-refractivity contribution in [3.8, 4) is 0 Å². The van der Waals surface area contributed by atoms with Crippen molar-refractivity contribution in [3.05, 3.63) is 47.6 Å². The smallest absolute Gasteiger partial charge is 0.314 e. The van der Waals surface area contributed by atoms with Crippen molar-refractivity contribution in [1.29, 1.82) is 0 Å². The number of carbonyl (C=O) groups excluding carboxylic acids is 1. The highest BCUT2D eigenvalue weighted by Crippen LogP contribution is 2.59. The first-order chi connectivity index (χ1) is 16.8. The van der Waals surface area contributed by atoms with E-state index in [2.05, 4.69) is 38.7 Å². The highest BCUT2D eigenvalue weighted by molar-refractivity contribution is 5.77. The molecule has 3 fully saturated rings. The minimum atomic E-state index is -0.999. The monoisotopic (exact) mass is 500 g/mol. The Hall–Kier alpha value is -1.69. The van der Waals surface area contributed by atoms with E-state index in [-0.39, 0.29) is 23.4 Å². The predicted octanol–water partition coefficient (Wildman–Crippen LogP) is 5.66. The maximum atomic E-state index is 12.5. The predicted molar refractivity (Wildman–Crippen MR) is 144 cm³/mol. The van der Waals surface area contributed by atoms with Gasteiger partial charge in [0.05, 0.1) is 29.8 Å². The third-order valence-corrected chi connectivity index (χ3v) is 9.14. The number of rotatable bonds is 7. The van der Waals surface area contributed by atoms with Crippen LogP contribution >= 0.6 is 0 Å². The van der Waals surface area contributed by atoms with Crippen LogP contribution in [0.5, 0.6) is 0 Å². The summed E-state index contributed by atoms with van der Waals surface area (Å²) < 4.78 is 5.35. The average Bonchev–Trinajstić information content (AvgIpc) is 3.15. The van der Waals surface area contributed by atoms with Crippen molar-refractivity contribution >= 4 is 5.97 Å². The molecule has 3 aliphatic carbocycles. The molecule has 0 saturated heterocycles. The lowest BCUT2D eigenvalue weighted by atomic mass is 9.61. The number of fused-ring (bicyclic) bond motifs is 1. The van der Waals surface area contributed by atoms with Gasteiger partial charge in [-0.3, -0.25) is 4.79 Å². The topological polar surface area (TPSA) is 87.0 Å². The Morgan fingerprint density at radius 3 is 2.53 bits per heavy atom. The Bertz CT molecular complexity index is 910. The van der Waals surface area contributed by atoms with Gasteiger partial charge in [0.2, 0.25) is 0 Å². The maximum Gasteiger partial charge on any atom is 0.314 e. The molecule has 202 valence electrons. The first-order valence-corrected chi connectivity index (χ1v) is 13.8. The van der Waals surface area contributed by atoms with Gasteiger partial charge in [-0.2, -0.15) is 0 Å². The van der Waals surface area contributed by atoms with Gasteiger partial charge in [-0.15, -0.1) is 0 Å². The molecule has 0 unspecified atom stereocenters. The van der Waals surface area contributed by atoms with E-state index in [0.717, 1.165) is 36.8 Å². The van der Waals surface area contributed by atoms with Gasteiger partial charge in [-0.05, 0) is 101 Å². The van der Waals surface area contributed by atoms with Crippen molar-refractivity contribution in [3.63, 3.8) is 0 Å². The second-order valence-corrected chi connectivity index (χ2v) is 12.5. The van der Waals surface area contributed by atoms with E-state index in [0.29, 0.717) is 24.7 Å². The second-order valence-electron chi connectivity index (χ2n) is 12.5. The molecule has 0 bridgehead atoms. The maximum absolute atomic E-state index is 12.5. The standard InChI is InChI=1S/C31H48O5/c1-19(2)36-29(35)30(5,6)28(34)15-10-20(3)25-13-14-26-22(9-8-16-31(25,26)7)11-12-23-17-24(32)18-27(33)21(23)4/h10-12,15,19-20,24-28,32-34H,4,8-9,13-14,16-18H2,1-3,5-7H3/t20-,24-,25-,26+,27+,28+,31-/m1/s1. The summed E-state index contributed by atoms with van der Waals surface area (Å²) >= 11 is 0. The van der Waals surface area contributed by atoms with Crippen LogP contribution in [0, 0.1) is 28.6 Å². The van der Waals surface area contributed by atoms with Crippen molar-refractivity contribution in [2.45, 2.75) is 111 Å². The van der Waals surface area contributed by atoms with Crippen LogP contribution in [0.4, 0.5) is 0 Å². The number of ether oxygens (including phenoxy) is 1. The summed E-state index contributed by atoms with van der Waals surface area (Å²) in [4.78, 5) is 12.5. The first kappa shape index (κ1) is 28.9. The zero-order valence-electron chi connectivity index (χ0n) is 23.2. The fourth-order valence-corrected chi connectivity index (χ4v) is 6.75. The molecule has 7 atom stereocenters. The number of aliphatic hydroxyl groups excluding tert-OH is 3. The third kappa shape index (κ3) is 6.06. The Morgan fingerprint density at radius 2 is 1.86 bits per heavy atom. The fourth-order valence-electron chi connectivity index (χ4n) is 6.75. The molecule has 5 nitrogen and oxygen atoms in total. The van der Waals surface area contributed by atoms with Gasteiger partial charge in [0, 0.05) is 6.42 Å². The molecule has 0 aromatic rings. The number of allylic oxidation sites excluding steroid dienone is 4. The first-order valence-electron chi connectivity index (χ1n) is 13.8. The van der Waals surface area contributed by atoms with E-state index in [4.69, 9.17) is 4.74 Å². The lowest BCUT2D eigenvalue weighted by Crippen LogP contribution is -2.39. The molecule has 3 N–H and O–H groups in total.